The molecular formula is C17H23NO4. The second-order valence-corrected chi connectivity index (χ2v) is 7.46. The molecule has 2 rings (SSSR count). The fraction of sp³-hybridized carbons (Fsp3) is 0.529. The molecule has 0 spiro atoms. The number of carbonyl (C=O) groups excluding carboxylic acids is 1. The average molecular weight is 305 g/mol. The first-order valence-electron chi connectivity index (χ1n) is 7.35. The summed E-state index contributed by atoms with van der Waals surface area (Å²) < 4.78 is 5.32. The molecule has 0 bridgehead atoms. The van der Waals surface area contributed by atoms with Gasteiger partial charge in [0, 0.05) is 0 Å². The number of benzene rings is 1. The summed E-state index contributed by atoms with van der Waals surface area (Å²) in [4.78, 5) is 23.2. The Kier molecular flexibility index (Phi) is 3.94. The first-order chi connectivity index (χ1) is 9.99. The van der Waals surface area contributed by atoms with Gasteiger partial charge in [0.25, 0.3) is 0 Å². The van der Waals surface area contributed by atoms with Gasteiger partial charge in [-0.05, 0) is 55.9 Å². The SMILES string of the molecule is CC(C)(C)OC(=O)N[C@@H]1c2cc(C(=O)O)ccc2CC1(C)C. The number of aromatic carboxylic acids is 1. The van der Waals surface area contributed by atoms with Gasteiger partial charge in [-0.1, -0.05) is 19.9 Å². The topological polar surface area (TPSA) is 75.6 Å². The molecule has 1 amide bonds. The predicted octanol–water partition coefficient (Wildman–Crippen LogP) is 3.53. The summed E-state index contributed by atoms with van der Waals surface area (Å²) in [5, 5.41) is 12.0. The summed E-state index contributed by atoms with van der Waals surface area (Å²) >= 11 is 0. The highest BCUT2D eigenvalue weighted by atomic mass is 16.6. The van der Waals surface area contributed by atoms with E-state index < -0.39 is 17.7 Å². The molecule has 0 heterocycles. The minimum atomic E-state index is -0.969. The maximum absolute atomic E-state index is 12.1. The fourth-order valence-corrected chi connectivity index (χ4v) is 2.87. The molecule has 1 aromatic carbocycles. The molecule has 5 heteroatoms. The van der Waals surface area contributed by atoms with Gasteiger partial charge in [-0.25, -0.2) is 9.59 Å². The zero-order valence-electron chi connectivity index (χ0n) is 13.7. The number of carbonyl (C=O) groups is 2. The molecule has 2 N–H and O–H groups in total. The molecule has 5 nitrogen and oxygen atoms in total. The molecule has 0 saturated carbocycles. The molecule has 0 aromatic heterocycles. The van der Waals surface area contributed by atoms with Gasteiger partial charge in [0.2, 0.25) is 0 Å². The Hall–Kier alpha value is -2.04. The van der Waals surface area contributed by atoms with E-state index in [2.05, 4.69) is 19.2 Å². The molecule has 1 aromatic rings. The Balaban J connectivity index is 2.29. The standard InChI is InChI=1S/C17H23NO4/c1-16(2,3)22-15(21)18-13-12-8-10(14(19)20)6-7-11(12)9-17(13,4)5/h6-8,13H,9H2,1-5H3,(H,18,21)(H,19,20)/t13-/m1/s1. The molecule has 1 aliphatic rings. The van der Waals surface area contributed by atoms with Crippen molar-refractivity contribution in [2.75, 3.05) is 0 Å². The van der Waals surface area contributed by atoms with Crippen LogP contribution in [0, 0.1) is 5.41 Å². The summed E-state index contributed by atoms with van der Waals surface area (Å²) in [7, 11) is 0. The van der Waals surface area contributed by atoms with Crippen LogP contribution < -0.4 is 5.32 Å². The van der Waals surface area contributed by atoms with Crippen LogP contribution >= 0.6 is 0 Å². The van der Waals surface area contributed by atoms with Gasteiger partial charge in [0.15, 0.2) is 0 Å². The van der Waals surface area contributed by atoms with E-state index in [0.29, 0.717) is 0 Å². The highest BCUT2D eigenvalue weighted by Gasteiger charge is 2.40. The number of nitrogens with one attached hydrogen (secondary N) is 1. The van der Waals surface area contributed by atoms with Gasteiger partial charge in [0.1, 0.15) is 5.60 Å². The lowest BCUT2D eigenvalue weighted by molar-refractivity contribution is 0.0465. The van der Waals surface area contributed by atoms with Crippen LogP contribution in [0.3, 0.4) is 0 Å². The van der Waals surface area contributed by atoms with E-state index in [0.717, 1.165) is 17.5 Å². The molecule has 0 radical (unpaired) electrons. The number of ether oxygens (including phenoxy) is 1. The van der Waals surface area contributed by atoms with Crippen molar-refractivity contribution in [2.45, 2.75) is 52.7 Å². The number of carboxylic acid groups (broad SMARTS) is 1. The highest BCUT2D eigenvalue weighted by Crippen LogP contribution is 2.45. The van der Waals surface area contributed by atoms with Crippen LogP contribution in [0.4, 0.5) is 4.79 Å². The van der Waals surface area contributed by atoms with E-state index in [1.807, 2.05) is 26.8 Å². The number of fused-ring (bicyclic) bond motifs is 1. The maximum Gasteiger partial charge on any atom is 0.408 e. The van der Waals surface area contributed by atoms with Crippen molar-refractivity contribution in [1.82, 2.24) is 5.32 Å². The van der Waals surface area contributed by atoms with Crippen molar-refractivity contribution in [1.29, 1.82) is 0 Å². The minimum Gasteiger partial charge on any atom is -0.478 e. The lowest BCUT2D eigenvalue weighted by Crippen LogP contribution is -2.39. The first kappa shape index (κ1) is 16.3. The second kappa shape index (κ2) is 5.30. The molecule has 22 heavy (non-hydrogen) atoms. The van der Waals surface area contributed by atoms with Crippen LogP contribution in [0.25, 0.3) is 0 Å². The molecule has 120 valence electrons. The van der Waals surface area contributed by atoms with E-state index in [1.165, 1.54) is 0 Å². The van der Waals surface area contributed by atoms with Gasteiger partial charge >= 0.3 is 12.1 Å². The molecule has 0 fully saturated rings. The lowest BCUT2D eigenvalue weighted by atomic mass is 9.85. The van der Waals surface area contributed by atoms with E-state index in [4.69, 9.17) is 9.84 Å². The van der Waals surface area contributed by atoms with Gasteiger partial charge in [-0.3, -0.25) is 0 Å². The molecule has 0 aliphatic heterocycles. The lowest BCUT2D eigenvalue weighted by Gasteiger charge is -2.30. The van der Waals surface area contributed by atoms with Crippen molar-refractivity contribution in [3.63, 3.8) is 0 Å². The molecular weight excluding hydrogens is 282 g/mol. The van der Waals surface area contributed by atoms with Crippen LogP contribution in [-0.4, -0.2) is 22.8 Å². The van der Waals surface area contributed by atoms with Crippen molar-refractivity contribution in [3.8, 4) is 0 Å². The van der Waals surface area contributed by atoms with E-state index in [9.17, 15) is 9.59 Å². The summed E-state index contributed by atoms with van der Waals surface area (Å²) in [6.45, 7) is 9.53. The third kappa shape index (κ3) is 3.40. The quantitative estimate of drug-likeness (QED) is 0.876. The van der Waals surface area contributed by atoms with E-state index in [1.54, 1.807) is 12.1 Å². The van der Waals surface area contributed by atoms with Crippen molar-refractivity contribution < 1.29 is 19.4 Å². The monoisotopic (exact) mass is 305 g/mol. The van der Waals surface area contributed by atoms with Crippen LogP contribution in [0.5, 0.6) is 0 Å². The fourth-order valence-electron chi connectivity index (χ4n) is 2.87. The Morgan fingerprint density at radius 1 is 1.32 bits per heavy atom. The van der Waals surface area contributed by atoms with Gasteiger partial charge in [-0.2, -0.15) is 0 Å². The third-order valence-electron chi connectivity index (χ3n) is 3.79. The summed E-state index contributed by atoms with van der Waals surface area (Å²) in [6, 6.07) is 4.82. The van der Waals surface area contributed by atoms with Crippen molar-refractivity contribution >= 4 is 12.1 Å². The summed E-state index contributed by atoms with van der Waals surface area (Å²) in [5.41, 5.74) is 1.38. The normalized spacial score (nSPS) is 19.4. The van der Waals surface area contributed by atoms with Crippen molar-refractivity contribution in [3.05, 3.63) is 34.9 Å². The number of hydrogen-bond acceptors (Lipinski definition) is 3. The minimum absolute atomic E-state index is 0.198. The van der Waals surface area contributed by atoms with E-state index >= 15 is 0 Å². The average Bonchev–Trinajstić information content (AvgIpc) is 2.57. The third-order valence-corrected chi connectivity index (χ3v) is 3.79. The number of rotatable bonds is 2. The highest BCUT2D eigenvalue weighted by molar-refractivity contribution is 5.88. The van der Waals surface area contributed by atoms with Gasteiger partial charge < -0.3 is 15.2 Å². The maximum atomic E-state index is 12.1. The smallest absolute Gasteiger partial charge is 0.408 e. The van der Waals surface area contributed by atoms with E-state index in [-0.39, 0.29) is 17.0 Å². The van der Waals surface area contributed by atoms with Crippen LogP contribution in [-0.2, 0) is 11.2 Å². The van der Waals surface area contributed by atoms with Gasteiger partial charge in [-0.15, -0.1) is 0 Å². The van der Waals surface area contributed by atoms with Crippen LogP contribution in [0.1, 0.15) is 62.1 Å². The van der Waals surface area contributed by atoms with Crippen LogP contribution in [0.2, 0.25) is 0 Å². The molecule has 0 unspecified atom stereocenters. The molecule has 1 aliphatic carbocycles. The largest absolute Gasteiger partial charge is 0.478 e. The predicted molar refractivity (Wildman–Crippen MR) is 83.0 cm³/mol. The zero-order valence-corrected chi connectivity index (χ0v) is 13.7. The number of alkyl carbamates (subject to hydrolysis) is 1. The first-order valence-corrected chi connectivity index (χ1v) is 7.35. The molecule has 1 atom stereocenters. The molecule has 0 saturated heterocycles. The van der Waals surface area contributed by atoms with Gasteiger partial charge in [0.05, 0.1) is 11.6 Å². The van der Waals surface area contributed by atoms with Crippen molar-refractivity contribution in [2.24, 2.45) is 5.41 Å². The summed E-state index contributed by atoms with van der Waals surface area (Å²) in [5.74, 6) is -0.969. The summed E-state index contributed by atoms with van der Waals surface area (Å²) in [6.07, 6.45) is 0.294. The Labute approximate surface area is 130 Å². The second-order valence-electron chi connectivity index (χ2n) is 7.46. The number of amides is 1. The van der Waals surface area contributed by atoms with Crippen LogP contribution in [0.15, 0.2) is 18.2 Å². The Morgan fingerprint density at radius 3 is 2.50 bits per heavy atom. The number of hydrogen-bond donors (Lipinski definition) is 2. The number of carboxylic acids is 1. The Bertz CT molecular complexity index is 614. The zero-order chi connectivity index (χ0) is 16.7. The Morgan fingerprint density at radius 2 is 1.95 bits per heavy atom.